The Morgan fingerprint density at radius 1 is 1.44 bits per heavy atom. The number of hydrogen-bond acceptors (Lipinski definition) is 6. The van der Waals surface area contributed by atoms with E-state index in [0.717, 1.165) is 11.5 Å². The van der Waals surface area contributed by atoms with Crippen molar-refractivity contribution < 1.29 is 14.6 Å². The second kappa shape index (κ2) is 5.46. The summed E-state index contributed by atoms with van der Waals surface area (Å²) in [6.45, 7) is 1.63. The number of phenolic OH excluding ortho intramolecular Hbond substituents is 1. The van der Waals surface area contributed by atoms with Gasteiger partial charge in [0.05, 0.1) is 0 Å². The highest BCUT2D eigenvalue weighted by molar-refractivity contribution is 7.09. The summed E-state index contributed by atoms with van der Waals surface area (Å²) in [6, 6.07) is 6.16. The molecule has 0 saturated heterocycles. The summed E-state index contributed by atoms with van der Waals surface area (Å²) in [6.07, 6.45) is 0.699. The van der Waals surface area contributed by atoms with Crippen LogP contribution in [0.25, 0.3) is 0 Å². The molecule has 94 valence electrons. The van der Waals surface area contributed by atoms with E-state index in [1.54, 1.807) is 19.1 Å². The van der Waals surface area contributed by atoms with Gasteiger partial charge in [0.2, 0.25) is 5.13 Å². The molecule has 0 saturated carbocycles. The van der Waals surface area contributed by atoms with Crippen molar-refractivity contribution in [1.29, 1.82) is 0 Å². The van der Waals surface area contributed by atoms with Crippen LogP contribution in [0.3, 0.4) is 0 Å². The lowest BCUT2D eigenvalue weighted by molar-refractivity contribution is -0.122. The van der Waals surface area contributed by atoms with E-state index in [-0.39, 0.29) is 11.7 Å². The van der Waals surface area contributed by atoms with Gasteiger partial charge in [0, 0.05) is 11.5 Å². The Kier molecular flexibility index (Phi) is 3.73. The first-order valence-electron chi connectivity index (χ1n) is 5.18. The Labute approximate surface area is 107 Å². The quantitative estimate of drug-likeness (QED) is 0.878. The number of carbonyl (C=O) groups is 1. The molecule has 18 heavy (non-hydrogen) atoms. The molecule has 1 unspecified atom stereocenters. The number of amides is 1. The summed E-state index contributed by atoms with van der Waals surface area (Å²) >= 11 is 1.10. The molecule has 7 heteroatoms. The summed E-state index contributed by atoms with van der Waals surface area (Å²) in [4.78, 5) is 15.6. The van der Waals surface area contributed by atoms with E-state index in [2.05, 4.69) is 14.7 Å². The molecule has 2 aromatic rings. The topological polar surface area (TPSA) is 84.3 Å². The van der Waals surface area contributed by atoms with E-state index >= 15 is 0 Å². The van der Waals surface area contributed by atoms with Crippen molar-refractivity contribution >= 4 is 22.6 Å². The van der Waals surface area contributed by atoms with Crippen molar-refractivity contribution in [2.45, 2.75) is 13.0 Å². The average Bonchev–Trinajstić information content (AvgIpc) is 2.85. The molecule has 0 aliphatic rings. The predicted octanol–water partition coefficient (Wildman–Crippen LogP) is 1.65. The van der Waals surface area contributed by atoms with Crippen LogP contribution in [0.2, 0.25) is 0 Å². The van der Waals surface area contributed by atoms with Crippen molar-refractivity contribution in [2.24, 2.45) is 0 Å². The number of benzene rings is 1. The van der Waals surface area contributed by atoms with Crippen molar-refractivity contribution in [3.8, 4) is 11.5 Å². The highest BCUT2D eigenvalue weighted by Gasteiger charge is 2.15. The highest BCUT2D eigenvalue weighted by atomic mass is 32.1. The van der Waals surface area contributed by atoms with Crippen molar-refractivity contribution in [3.63, 3.8) is 0 Å². The maximum Gasteiger partial charge on any atom is 0.266 e. The number of rotatable bonds is 4. The lowest BCUT2D eigenvalue weighted by Gasteiger charge is -2.13. The summed E-state index contributed by atoms with van der Waals surface area (Å²) in [5.41, 5.74) is 0. The second-order valence-electron chi connectivity index (χ2n) is 3.49. The molecule has 1 amide bonds. The number of aromatic nitrogens is 2. The van der Waals surface area contributed by atoms with Gasteiger partial charge in [-0.15, -0.1) is 0 Å². The largest absolute Gasteiger partial charge is 0.508 e. The number of ether oxygens (including phenoxy) is 1. The van der Waals surface area contributed by atoms with Gasteiger partial charge in [0.25, 0.3) is 5.91 Å². The van der Waals surface area contributed by atoms with Crippen LogP contribution in [0.5, 0.6) is 11.5 Å². The Balaban J connectivity index is 1.93. The van der Waals surface area contributed by atoms with Crippen LogP contribution in [0.4, 0.5) is 5.13 Å². The van der Waals surface area contributed by atoms with Gasteiger partial charge in [0.1, 0.15) is 17.8 Å². The Morgan fingerprint density at radius 2 is 2.17 bits per heavy atom. The molecule has 1 atom stereocenters. The fraction of sp³-hybridized carbons (Fsp3) is 0.182. The number of nitrogens with one attached hydrogen (secondary N) is 1. The monoisotopic (exact) mass is 265 g/mol. The molecule has 1 heterocycles. The highest BCUT2D eigenvalue weighted by Crippen LogP contribution is 2.17. The van der Waals surface area contributed by atoms with E-state index in [1.165, 1.54) is 18.5 Å². The van der Waals surface area contributed by atoms with Crippen molar-refractivity contribution in [1.82, 2.24) is 9.36 Å². The predicted molar refractivity (Wildman–Crippen MR) is 66.7 cm³/mol. The van der Waals surface area contributed by atoms with Gasteiger partial charge in [-0.05, 0) is 31.2 Å². The van der Waals surface area contributed by atoms with E-state index in [0.29, 0.717) is 10.9 Å². The van der Waals surface area contributed by atoms with Crippen LogP contribution < -0.4 is 10.1 Å². The molecule has 0 fully saturated rings. The van der Waals surface area contributed by atoms with Crippen LogP contribution in [0, 0.1) is 0 Å². The van der Waals surface area contributed by atoms with Gasteiger partial charge >= 0.3 is 0 Å². The third kappa shape index (κ3) is 3.17. The van der Waals surface area contributed by atoms with E-state index < -0.39 is 6.10 Å². The third-order valence-electron chi connectivity index (χ3n) is 2.11. The van der Waals surface area contributed by atoms with E-state index in [9.17, 15) is 4.79 Å². The Morgan fingerprint density at radius 3 is 2.78 bits per heavy atom. The lowest BCUT2D eigenvalue weighted by Crippen LogP contribution is -2.30. The molecule has 0 aliphatic carbocycles. The van der Waals surface area contributed by atoms with Crippen LogP contribution in [0.15, 0.2) is 30.6 Å². The minimum atomic E-state index is -0.668. The summed E-state index contributed by atoms with van der Waals surface area (Å²) in [5.74, 6) is 0.348. The van der Waals surface area contributed by atoms with Crippen molar-refractivity contribution in [2.75, 3.05) is 5.32 Å². The molecule has 2 N–H and O–H groups in total. The van der Waals surface area contributed by atoms with Gasteiger partial charge in [0.15, 0.2) is 6.10 Å². The smallest absolute Gasteiger partial charge is 0.266 e. The fourth-order valence-corrected chi connectivity index (χ4v) is 1.65. The number of hydrogen-bond donors (Lipinski definition) is 2. The van der Waals surface area contributed by atoms with Crippen LogP contribution >= 0.6 is 11.5 Å². The van der Waals surface area contributed by atoms with Crippen molar-refractivity contribution in [3.05, 3.63) is 30.6 Å². The summed E-state index contributed by atoms with van der Waals surface area (Å²) < 4.78 is 9.19. The van der Waals surface area contributed by atoms with Gasteiger partial charge in [-0.3, -0.25) is 10.1 Å². The van der Waals surface area contributed by atoms with Gasteiger partial charge in [-0.25, -0.2) is 4.98 Å². The minimum absolute atomic E-state index is 0.147. The molecule has 0 spiro atoms. The van der Waals surface area contributed by atoms with Gasteiger partial charge in [-0.2, -0.15) is 4.37 Å². The third-order valence-corrected chi connectivity index (χ3v) is 2.69. The zero-order valence-electron chi connectivity index (χ0n) is 9.53. The van der Waals surface area contributed by atoms with Crippen LogP contribution in [0.1, 0.15) is 6.92 Å². The minimum Gasteiger partial charge on any atom is -0.508 e. The first-order valence-corrected chi connectivity index (χ1v) is 5.96. The number of carbonyl (C=O) groups excluding carboxylic acids is 1. The molecular weight excluding hydrogens is 254 g/mol. The molecular formula is C11H11N3O3S. The number of anilines is 1. The van der Waals surface area contributed by atoms with Gasteiger partial charge in [-0.1, -0.05) is 0 Å². The maximum absolute atomic E-state index is 11.7. The molecule has 0 radical (unpaired) electrons. The normalized spacial score (nSPS) is 11.8. The molecule has 2 rings (SSSR count). The second-order valence-corrected chi connectivity index (χ2v) is 4.27. The molecule has 0 bridgehead atoms. The molecule has 6 nitrogen and oxygen atoms in total. The van der Waals surface area contributed by atoms with Crippen LogP contribution in [-0.4, -0.2) is 26.5 Å². The summed E-state index contributed by atoms with van der Waals surface area (Å²) in [7, 11) is 0. The van der Waals surface area contributed by atoms with Crippen LogP contribution in [-0.2, 0) is 4.79 Å². The Hall–Kier alpha value is -2.15. The number of aromatic hydroxyl groups is 1. The van der Waals surface area contributed by atoms with Gasteiger partial charge < -0.3 is 9.84 Å². The summed E-state index contributed by atoms with van der Waals surface area (Å²) in [5, 5.41) is 12.1. The van der Waals surface area contributed by atoms with E-state index in [4.69, 9.17) is 9.84 Å². The average molecular weight is 265 g/mol. The number of phenols is 1. The molecule has 0 aliphatic heterocycles. The SMILES string of the molecule is CC(Oc1ccc(O)cc1)C(=O)Nc1ncns1. The fourth-order valence-electron chi connectivity index (χ4n) is 1.22. The first kappa shape index (κ1) is 12.3. The molecule has 1 aromatic carbocycles. The standard InChI is InChI=1S/C11H11N3O3S/c1-7(10(16)14-11-12-6-13-18-11)17-9-4-2-8(15)3-5-9/h2-7,15H,1H3,(H,12,13,14,16). The molecule has 1 aromatic heterocycles. The van der Waals surface area contributed by atoms with E-state index in [1.807, 2.05) is 0 Å². The first-order chi connectivity index (χ1) is 8.65. The lowest BCUT2D eigenvalue weighted by atomic mass is 10.3. The Bertz CT molecular complexity index is 513. The maximum atomic E-state index is 11.7. The number of nitrogens with zero attached hydrogens (tertiary/aromatic N) is 2. The zero-order valence-corrected chi connectivity index (χ0v) is 10.3. The zero-order chi connectivity index (χ0) is 13.0.